The van der Waals surface area contributed by atoms with E-state index in [9.17, 15) is 9.90 Å². The first kappa shape index (κ1) is 13.7. The molecule has 1 rings (SSSR count). The van der Waals surface area contributed by atoms with Gasteiger partial charge in [-0.3, -0.25) is 0 Å². The van der Waals surface area contributed by atoms with Gasteiger partial charge in [0.15, 0.2) is 6.10 Å². The van der Waals surface area contributed by atoms with E-state index in [-0.39, 0.29) is 0 Å². The molecule has 0 unspecified atom stereocenters. The van der Waals surface area contributed by atoms with Gasteiger partial charge in [0.25, 0.3) is 0 Å². The van der Waals surface area contributed by atoms with Crippen molar-refractivity contribution in [3.63, 3.8) is 0 Å². The smallest absolute Gasteiger partial charge is 0.335 e. The molecular formula is C14H20O3. The van der Waals surface area contributed by atoms with E-state index in [1.807, 2.05) is 18.2 Å². The van der Waals surface area contributed by atoms with E-state index in [0.29, 0.717) is 6.42 Å². The minimum Gasteiger partial charge on any atom is -0.467 e. The van der Waals surface area contributed by atoms with Crippen LogP contribution in [-0.2, 0) is 28.8 Å². The predicted octanol–water partition coefficient (Wildman–Crippen LogP) is 1.89. The van der Waals surface area contributed by atoms with Gasteiger partial charge in [-0.2, -0.15) is 0 Å². The quantitative estimate of drug-likeness (QED) is 0.794. The van der Waals surface area contributed by atoms with E-state index >= 15 is 0 Å². The average molecular weight is 236 g/mol. The standard InChI is InChI=1S/C14H20O3/c1-4-10-7-6-8-11(5-2)12(10)9-13(15)14(16)17-3/h6-8,13,15H,4-5,9H2,1-3H3/t13-/m0/s1. The summed E-state index contributed by atoms with van der Waals surface area (Å²) >= 11 is 0. The van der Waals surface area contributed by atoms with Crippen LogP contribution in [0.15, 0.2) is 18.2 Å². The maximum atomic E-state index is 11.2. The molecule has 3 heteroatoms. The molecule has 1 aromatic rings. The summed E-state index contributed by atoms with van der Waals surface area (Å²) in [6.45, 7) is 4.14. The number of methoxy groups -OCH3 is 1. The Balaban J connectivity index is 2.99. The van der Waals surface area contributed by atoms with E-state index in [1.165, 1.54) is 18.2 Å². The van der Waals surface area contributed by atoms with Crippen molar-refractivity contribution in [2.24, 2.45) is 0 Å². The molecule has 0 aliphatic heterocycles. The lowest BCUT2D eigenvalue weighted by molar-refractivity contribution is -0.150. The summed E-state index contributed by atoms with van der Waals surface area (Å²) < 4.78 is 4.54. The molecule has 0 saturated carbocycles. The molecule has 0 heterocycles. The highest BCUT2D eigenvalue weighted by Gasteiger charge is 2.18. The Labute approximate surface area is 102 Å². The van der Waals surface area contributed by atoms with Gasteiger partial charge in [-0.25, -0.2) is 4.79 Å². The first-order valence-corrected chi connectivity index (χ1v) is 5.99. The number of ether oxygens (including phenoxy) is 1. The van der Waals surface area contributed by atoms with E-state index in [4.69, 9.17) is 0 Å². The highest BCUT2D eigenvalue weighted by atomic mass is 16.5. The molecule has 0 aromatic heterocycles. The number of aryl methyl sites for hydroxylation is 2. The number of carbonyl (C=O) groups excluding carboxylic acids is 1. The monoisotopic (exact) mass is 236 g/mol. The summed E-state index contributed by atoms with van der Waals surface area (Å²) in [6, 6.07) is 6.10. The normalized spacial score (nSPS) is 12.2. The third-order valence-electron chi connectivity index (χ3n) is 3.00. The molecule has 0 bridgehead atoms. The molecule has 0 spiro atoms. The zero-order chi connectivity index (χ0) is 12.8. The number of benzene rings is 1. The van der Waals surface area contributed by atoms with Crippen LogP contribution in [0.4, 0.5) is 0 Å². The average Bonchev–Trinajstić information content (AvgIpc) is 2.37. The van der Waals surface area contributed by atoms with Crippen LogP contribution in [0.2, 0.25) is 0 Å². The van der Waals surface area contributed by atoms with Crippen LogP contribution < -0.4 is 0 Å². The molecule has 3 nitrogen and oxygen atoms in total. The number of rotatable bonds is 5. The van der Waals surface area contributed by atoms with Crippen LogP contribution in [0.25, 0.3) is 0 Å². The topological polar surface area (TPSA) is 46.5 Å². The van der Waals surface area contributed by atoms with E-state index in [0.717, 1.165) is 18.4 Å². The van der Waals surface area contributed by atoms with Crippen molar-refractivity contribution in [2.75, 3.05) is 7.11 Å². The van der Waals surface area contributed by atoms with Crippen LogP contribution in [0.5, 0.6) is 0 Å². The fourth-order valence-corrected chi connectivity index (χ4v) is 2.03. The number of aliphatic hydroxyl groups excluding tert-OH is 1. The third-order valence-corrected chi connectivity index (χ3v) is 3.00. The minimum absolute atomic E-state index is 0.333. The van der Waals surface area contributed by atoms with Gasteiger partial charge in [0.2, 0.25) is 0 Å². The van der Waals surface area contributed by atoms with Crippen molar-refractivity contribution < 1.29 is 14.6 Å². The fraction of sp³-hybridized carbons (Fsp3) is 0.500. The lowest BCUT2D eigenvalue weighted by atomic mass is 9.93. The Bertz CT molecular complexity index is 363. The van der Waals surface area contributed by atoms with Crippen molar-refractivity contribution >= 4 is 5.97 Å². The molecular weight excluding hydrogens is 216 g/mol. The Morgan fingerprint density at radius 3 is 2.24 bits per heavy atom. The summed E-state index contributed by atoms with van der Waals surface area (Å²) in [5.41, 5.74) is 3.45. The Morgan fingerprint density at radius 2 is 1.82 bits per heavy atom. The summed E-state index contributed by atoms with van der Waals surface area (Å²) in [4.78, 5) is 11.2. The molecule has 94 valence electrons. The first-order chi connectivity index (χ1) is 8.13. The highest BCUT2D eigenvalue weighted by Crippen LogP contribution is 2.18. The molecule has 1 N–H and O–H groups in total. The van der Waals surface area contributed by atoms with Gasteiger partial charge in [-0.05, 0) is 29.5 Å². The van der Waals surface area contributed by atoms with Gasteiger partial charge in [-0.1, -0.05) is 32.0 Å². The zero-order valence-electron chi connectivity index (χ0n) is 10.7. The van der Waals surface area contributed by atoms with Gasteiger partial charge >= 0.3 is 5.97 Å². The number of hydrogen-bond donors (Lipinski definition) is 1. The maximum absolute atomic E-state index is 11.2. The van der Waals surface area contributed by atoms with Crippen molar-refractivity contribution in [2.45, 2.75) is 39.2 Å². The van der Waals surface area contributed by atoms with Crippen molar-refractivity contribution in [1.82, 2.24) is 0 Å². The van der Waals surface area contributed by atoms with Gasteiger partial charge < -0.3 is 9.84 Å². The SMILES string of the molecule is CCc1cccc(CC)c1C[C@H](O)C(=O)OC. The van der Waals surface area contributed by atoms with Crippen LogP contribution >= 0.6 is 0 Å². The lowest BCUT2D eigenvalue weighted by Crippen LogP contribution is -2.25. The summed E-state index contributed by atoms with van der Waals surface area (Å²) in [6.07, 6.45) is 1.06. The van der Waals surface area contributed by atoms with Crippen molar-refractivity contribution in [3.05, 3.63) is 34.9 Å². The van der Waals surface area contributed by atoms with Crippen LogP contribution in [0.1, 0.15) is 30.5 Å². The second-order valence-corrected chi connectivity index (χ2v) is 4.01. The number of carbonyl (C=O) groups is 1. The third kappa shape index (κ3) is 3.30. The van der Waals surface area contributed by atoms with Gasteiger partial charge in [-0.15, -0.1) is 0 Å². The second-order valence-electron chi connectivity index (χ2n) is 4.01. The Morgan fingerprint density at radius 1 is 1.29 bits per heavy atom. The van der Waals surface area contributed by atoms with Crippen LogP contribution in [-0.4, -0.2) is 24.3 Å². The maximum Gasteiger partial charge on any atom is 0.335 e. The fourth-order valence-electron chi connectivity index (χ4n) is 2.03. The molecule has 0 fully saturated rings. The summed E-state index contributed by atoms with van der Waals surface area (Å²) in [7, 11) is 1.29. The molecule has 17 heavy (non-hydrogen) atoms. The minimum atomic E-state index is -1.07. The van der Waals surface area contributed by atoms with E-state index < -0.39 is 12.1 Å². The van der Waals surface area contributed by atoms with Crippen LogP contribution in [0.3, 0.4) is 0 Å². The lowest BCUT2D eigenvalue weighted by Gasteiger charge is -2.15. The predicted molar refractivity (Wildman–Crippen MR) is 66.9 cm³/mol. The molecule has 0 saturated heterocycles. The Hall–Kier alpha value is -1.35. The van der Waals surface area contributed by atoms with Gasteiger partial charge in [0.05, 0.1) is 7.11 Å². The van der Waals surface area contributed by atoms with E-state index in [1.54, 1.807) is 0 Å². The highest BCUT2D eigenvalue weighted by molar-refractivity contribution is 5.74. The molecule has 0 aliphatic rings. The molecule has 1 atom stereocenters. The van der Waals surface area contributed by atoms with Crippen molar-refractivity contribution in [3.8, 4) is 0 Å². The molecule has 0 amide bonds. The van der Waals surface area contributed by atoms with Gasteiger partial charge in [0.1, 0.15) is 0 Å². The first-order valence-electron chi connectivity index (χ1n) is 5.99. The van der Waals surface area contributed by atoms with E-state index in [2.05, 4.69) is 18.6 Å². The van der Waals surface area contributed by atoms with Gasteiger partial charge in [0, 0.05) is 6.42 Å². The van der Waals surface area contributed by atoms with Crippen LogP contribution in [0, 0.1) is 0 Å². The molecule has 1 aromatic carbocycles. The summed E-state index contributed by atoms with van der Waals surface area (Å²) in [5.74, 6) is -0.571. The van der Waals surface area contributed by atoms with Crippen molar-refractivity contribution in [1.29, 1.82) is 0 Å². The Kier molecular flexibility index (Phi) is 5.16. The summed E-state index contributed by atoms with van der Waals surface area (Å²) in [5, 5.41) is 9.74. The number of aliphatic hydroxyl groups is 1. The molecule has 0 aliphatic carbocycles. The molecule has 0 radical (unpaired) electrons. The number of esters is 1. The number of hydrogen-bond acceptors (Lipinski definition) is 3. The largest absolute Gasteiger partial charge is 0.467 e. The zero-order valence-corrected chi connectivity index (χ0v) is 10.7. The second kappa shape index (κ2) is 6.40.